The number of hydrogen-bond donors (Lipinski definition) is 1. The van der Waals surface area contributed by atoms with Crippen molar-refractivity contribution >= 4 is 28.9 Å². The first-order valence-corrected chi connectivity index (χ1v) is 7.05. The molecular formula is C16H10ClF3N2O. The van der Waals surface area contributed by atoms with Crippen molar-refractivity contribution in [3.05, 3.63) is 64.2 Å². The summed E-state index contributed by atoms with van der Waals surface area (Å²) in [6.45, 7) is -0.256. The zero-order valence-corrected chi connectivity index (χ0v) is 12.4. The first-order valence-electron chi connectivity index (χ1n) is 6.67. The predicted molar refractivity (Wildman–Crippen MR) is 82.0 cm³/mol. The topological polar surface area (TPSA) is 41.5 Å². The van der Waals surface area contributed by atoms with E-state index in [-0.39, 0.29) is 17.8 Å². The maximum atomic E-state index is 13.3. The molecule has 23 heavy (non-hydrogen) atoms. The maximum Gasteiger partial charge on any atom is 0.417 e. The first kappa shape index (κ1) is 15.6. The van der Waals surface area contributed by atoms with Crippen LogP contribution in [0.3, 0.4) is 0 Å². The highest BCUT2D eigenvalue weighted by Gasteiger charge is 2.35. The largest absolute Gasteiger partial charge is 0.417 e. The number of alkyl halides is 3. The van der Waals surface area contributed by atoms with Crippen LogP contribution in [0.5, 0.6) is 0 Å². The number of rotatable bonds is 1. The van der Waals surface area contributed by atoms with Crippen molar-refractivity contribution in [1.29, 1.82) is 0 Å². The minimum absolute atomic E-state index is 0.0833. The monoisotopic (exact) mass is 338 g/mol. The van der Waals surface area contributed by atoms with Crippen LogP contribution < -0.4 is 5.32 Å². The highest BCUT2D eigenvalue weighted by molar-refractivity contribution is 6.32. The molecular weight excluding hydrogens is 329 g/mol. The van der Waals surface area contributed by atoms with Gasteiger partial charge in [-0.15, -0.1) is 0 Å². The van der Waals surface area contributed by atoms with E-state index in [2.05, 4.69) is 10.3 Å². The van der Waals surface area contributed by atoms with Crippen molar-refractivity contribution < 1.29 is 18.0 Å². The molecule has 0 radical (unpaired) electrons. The zero-order valence-electron chi connectivity index (χ0n) is 11.6. The van der Waals surface area contributed by atoms with Gasteiger partial charge in [-0.2, -0.15) is 13.2 Å². The molecule has 1 aliphatic rings. The van der Waals surface area contributed by atoms with Gasteiger partial charge < -0.3 is 5.32 Å². The summed E-state index contributed by atoms with van der Waals surface area (Å²) in [5, 5.41) is 2.96. The Morgan fingerprint density at radius 3 is 2.57 bits per heavy atom. The molecule has 1 aliphatic heterocycles. The van der Waals surface area contributed by atoms with Gasteiger partial charge in [0.05, 0.1) is 17.0 Å². The molecule has 0 aliphatic carbocycles. The van der Waals surface area contributed by atoms with Crippen molar-refractivity contribution in [2.45, 2.75) is 6.18 Å². The van der Waals surface area contributed by atoms with E-state index in [0.29, 0.717) is 16.3 Å². The van der Waals surface area contributed by atoms with Crippen LogP contribution in [0.4, 0.5) is 18.9 Å². The Balaban J connectivity index is 2.25. The molecule has 2 aromatic rings. The number of aliphatic imine (C=N–C) groups is 1. The van der Waals surface area contributed by atoms with Crippen molar-refractivity contribution in [3.63, 3.8) is 0 Å². The van der Waals surface area contributed by atoms with E-state index in [4.69, 9.17) is 11.6 Å². The molecule has 0 aromatic heterocycles. The van der Waals surface area contributed by atoms with E-state index < -0.39 is 17.6 Å². The number of nitrogens with zero attached hydrogens (tertiary/aromatic N) is 1. The first-order chi connectivity index (χ1) is 10.9. The Morgan fingerprint density at radius 1 is 1.09 bits per heavy atom. The van der Waals surface area contributed by atoms with E-state index in [1.807, 2.05) is 0 Å². The van der Waals surface area contributed by atoms with Gasteiger partial charge in [-0.05, 0) is 24.3 Å². The third-order valence-electron chi connectivity index (χ3n) is 3.38. The SMILES string of the molecule is O=C1CN=C(c2ccccc2C(F)(F)F)c2cc(Cl)ccc2N1. The van der Waals surface area contributed by atoms with Crippen LogP contribution in [0, 0.1) is 0 Å². The molecule has 7 heteroatoms. The number of benzodiazepines with no additional fused rings is 1. The fourth-order valence-electron chi connectivity index (χ4n) is 2.41. The number of carbonyl (C=O) groups excluding carboxylic acids is 1. The van der Waals surface area contributed by atoms with Gasteiger partial charge in [0, 0.05) is 16.1 Å². The molecule has 1 amide bonds. The van der Waals surface area contributed by atoms with Crippen LogP contribution in [0.2, 0.25) is 5.02 Å². The highest BCUT2D eigenvalue weighted by Crippen LogP contribution is 2.35. The van der Waals surface area contributed by atoms with E-state index in [1.165, 1.54) is 24.3 Å². The van der Waals surface area contributed by atoms with Gasteiger partial charge in [0.25, 0.3) is 0 Å². The average Bonchev–Trinajstić information content (AvgIpc) is 2.65. The second-order valence-corrected chi connectivity index (χ2v) is 5.38. The van der Waals surface area contributed by atoms with Gasteiger partial charge in [-0.25, -0.2) is 0 Å². The Hall–Kier alpha value is -2.34. The molecule has 2 aromatic carbocycles. The highest BCUT2D eigenvalue weighted by atomic mass is 35.5. The maximum absolute atomic E-state index is 13.3. The molecule has 1 heterocycles. The molecule has 3 nitrogen and oxygen atoms in total. The third kappa shape index (κ3) is 3.07. The van der Waals surface area contributed by atoms with Gasteiger partial charge in [0.1, 0.15) is 6.54 Å². The normalized spacial score (nSPS) is 14.6. The number of fused-ring (bicyclic) bond motifs is 1. The number of halogens is 4. The van der Waals surface area contributed by atoms with Gasteiger partial charge in [-0.1, -0.05) is 29.8 Å². The van der Waals surface area contributed by atoms with E-state index in [0.717, 1.165) is 6.07 Å². The molecule has 0 saturated heterocycles. The molecule has 0 bridgehead atoms. The number of amides is 1. The van der Waals surface area contributed by atoms with E-state index >= 15 is 0 Å². The number of nitrogens with one attached hydrogen (secondary N) is 1. The number of anilines is 1. The molecule has 0 unspecified atom stereocenters. The summed E-state index contributed by atoms with van der Waals surface area (Å²) in [4.78, 5) is 15.8. The molecule has 0 fully saturated rings. The Bertz CT molecular complexity index is 815. The summed E-state index contributed by atoms with van der Waals surface area (Å²) in [7, 11) is 0. The Kier molecular flexibility index (Phi) is 3.85. The second kappa shape index (κ2) is 5.70. The van der Waals surface area contributed by atoms with Crippen LogP contribution in [0.15, 0.2) is 47.5 Å². The lowest BCUT2D eigenvalue weighted by atomic mass is 9.96. The van der Waals surface area contributed by atoms with Gasteiger partial charge in [0.2, 0.25) is 5.91 Å². The fraction of sp³-hybridized carbons (Fsp3) is 0.125. The van der Waals surface area contributed by atoms with Gasteiger partial charge in [-0.3, -0.25) is 9.79 Å². The Morgan fingerprint density at radius 2 is 1.83 bits per heavy atom. The molecule has 118 valence electrons. The van der Waals surface area contributed by atoms with Crippen molar-refractivity contribution in [2.24, 2.45) is 4.99 Å². The molecule has 0 saturated carbocycles. The van der Waals surface area contributed by atoms with Crippen molar-refractivity contribution in [2.75, 3.05) is 11.9 Å². The lowest BCUT2D eigenvalue weighted by Gasteiger charge is -2.15. The zero-order chi connectivity index (χ0) is 16.6. The minimum atomic E-state index is -4.53. The fourth-order valence-corrected chi connectivity index (χ4v) is 2.59. The summed E-state index contributed by atoms with van der Waals surface area (Å²) in [6, 6.07) is 9.73. The van der Waals surface area contributed by atoms with Gasteiger partial charge in [0.15, 0.2) is 0 Å². The van der Waals surface area contributed by atoms with E-state index in [1.54, 1.807) is 12.1 Å². The molecule has 0 spiro atoms. The predicted octanol–water partition coefficient (Wildman–Crippen LogP) is 4.15. The lowest BCUT2D eigenvalue weighted by Crippen LogP contribution is -2.14. The van der Waals surface area contributed by atoms with Crippen molar-refractivity contribution in [3.8, 4) is 0 Å². The summed E-state index contributed by atoms with van der Waals surface area (Å²) < 4.78 is 39.8. The summed E-state index contributed by atoms with van der Waals surface area (Å²) in [6.07, 6.45) is -4.53. The summed E-state index contributed by atoms with van der Waals surface area (Å²) >= 11 is 5.96. The van der Waals surface area contributed by atoms with Crippen LogP contribution in [0.1, 0.15) is 16.7 Å². The van der Waals surface area contributed by atoms with Crippen LogP contribution in [-0.2, 0) is 11.0 Å². The number of benzene rings is 2. The van der Waals surface area contributed by atoms with Crippen LogP contribution >= 0.6 is 11.6 Å². The Labute approximate surface area is 134 Å². The minimum Gasteiger partial charge on any atom is -0.324 e. The molecule has 0 atom stereocenters. The van der Waals surface area contributed by atoms with Crippen LogP contribution in [0.25, 0.3) is 0 Å². The second-order valence-electron chi connectivity index (χ2n) is 4.95. The quantitative estimate of drug-likeness (QED) is 0.834. The number of carbonyl (C=O) groups is 1. The molecule has 3 rings (SSSR count). The van der Waals surface area contributed by atoms with Gasteiger partial charge >= 0.3 is 6.18 Å². The third-order valence-corrected chi connectivity index (χ3v) is 3.61. The smallest absolute Gasteiger partial charge is 0.324 e. The number of hydrogen-bond acceptors (Lipinski definition) is 2. The standard InChI is InChI=1S/C16H10ClF3N2O/c17-9-5-6-13-11(7-9)15(21-8-14(23)22-13)10-3-1-2-4-12(10)16(18,19)20/h1-7H,8H2,(H,22,23). The lowest BCUT2D eigenvalue weighted by molar-refractivity contribution is -0.137. The van der Waals surface area contributed by atoms with Crippen LogP contribution in [-0.4, -0.2) is 18.2 Å². The van der Waals surface area contributed by atoms with E-state index in [9.17, 15) is 18.0 Å². The summed E-state index contributed by atoms with van der Waals surface area (Å²) in [5.74, 6) is -0.395. The van der Waals surface area contributed by atoms with Crippen molar-refractivity contribution in [1.82, 2.24) is 0 Å². The average molecular weight is 339 g/mol. The summed E-state index contributed by atoms with van der Waals surface area (Å²) in [5.41, 5.74) is -0.0551. The molecule has 1 N–H and O–H groups in total.